The molecule has 0 aliphatic rings. The van der Waals surface area contributed by atoms with Gasteiger partial charge < -0.3 is 4.90 Å². The average molecular weight is 223 g/mol. The Morgan fingerprint density at radius 3 is 2.53 bits per heavy atom. The van der Waals surface area contributed by atoms with Gasteiger partial charge in [0.15, 0.2) is 0 Å². The molecule has 2 heteroatoms. The van der Waals surface area contributed by atoms with Gasteiger partial charge in [0.2, 0.25) is 5.78 Å². The zero-order valence-electron chi connectivity index (χ0n) is 9.90. The fraction of sp³-hybridized carbons (Fsp3) is 0.133. The molecule has 2 nitrogen and oxygen atoms in total. The maximum absolute atomic E-state index is 12.0. The molecule has 0 spiro atoms. The van der Waals surface area contributed by atoms with Crippen LogP contribution in [0.5, 0.6) is 0 Å². The minimum atomic E-state index is -0.143. The lowest BCUT2D eigenvalue weighted by atomic mass is 10.0. The Bertz CT molecular complexity index is 612. The van der Waals surface area contributed by atoms with Gasteiger partial charge in [-0.05, 0) is 22.8 Å². The molecule has 0 heterocycles. The van der Waals surface area contributed by atoms with Crippen LogP contribution in [0, 0.1) is 12.0 Å². The first-order chi connectivity index (χ1) is 8.18. The topological polar surface area (TPSA) is 20.3 Å². The molecule has 0 saturated heterocycles. The third-order valence-electron chi connectivity index (χ3n) is 2.43. The lowest BCUT2D eigenvalue weighted by molar-refractivity contribution is 0.105. The molecule has 0 aliphatic carbocycles. The molecule has 0 aromatic heterocycles. The van der Waals surface area contributed by atoms with E-state index >= 15 is 0 Å². The number of fused-ring (bicyclic) bond motifs is 1. The second-order valence-corrected chi connectivity index (χ2v) is 3.99. The van der Waals surface area contributed by atoms with Gasteiger partial charge >= 0.3 is 0 Å². The molecule has 0 aliphatic heterocycles. The largest absolute Gasteiger partial charge is 0.338 e. The lowest BCUT2D eigenvalue weighted by Gasteiger charge is -2.02. The quantitative estimate of drug-likeness (QED) is 0.420. The summed E-state index contributed by atoms with van der Waals surface area (Å²) in [4.78, 5) is 13.6. The van der Waals surface area contributed by atoms with Crippen molar-refractivity contribution in [3.05, 3.63) is 48.0 Å². The van der Waals surface area contributed by atoms with Gasteiger partial charge in [0.25, 0.3) is 0 Å². The van der Waals surface area contributed by atoms with Crippen molar-refractivity contribution in [2.24, 2.45) is 0 Å². The Balaban J connectivity index is 2.50. The van der Waals surface area contributed by atoms with Crippen molar-refractivity contribution < 1.29 is 4.79 Å². The Labute approximate surface area is 101 Å². The number of ketones is 1. The van der Waals surface area contributed by atoms with Gasteiger partial charge in [-0.3, -0.25) is 4.79 Å². The SMILES string of the molecule is CN(C)C#CC(=O)c1cccc2ccccc12. The zero-order valence-corrected chi connectivity index (χ0v) is 9.90. The fourth-order valence-corrected chi connectivity index (χ4v) is 1.65. The summed E-state index contributed by atoms with van der Waals surface area (Å²) in [5.74, 6) is 2.48. The summed E-state index contributed by atoms with van der Waals surface area (Å²) in [5.41, 5.74) is 0.664. The van der Waals surface area contributed by atoms with Crippen LogP contribution in [-0.4, -0.2) is 24.8 Å². The minimum Gasteiger partial charge on any atom is -0.338 e. The van der Waals surface area contributed by atoms with Gasteiger partial charge in [-0.2, -0.15) is 0 Å². The Hall–Kier alpha value is -2.27. The summed E-state index contributed by atoms with van der Waals surface area (Å²) in [6, 6.07) is 16.3. The van der Waals surface area contributed by atoms with Crippen LogP contribution in [0.1, 0.15) is 10.4 Å². The molecule has 2 rings (SSSR count). The minimum absolute atomic E-state index is 0.143. The standard InChI is InChI=1S/C15H13NO/c1-16(2)11-10-15(17)14-9-5-7-12-6-3-4-8-13(12)14/h3-9H,1-2H3. The number of benzene rings is 2. The van der Waals surface area contributed by atoms with Crippen LogP contribution in [0.3, 0.4) is 0 Å². The number of nitrogens with zero attached hydrogens (tertiary/aromatic N) is 1. The lowest BCUT2D eigenvalue weighted by Crippen LogP contribution is -2.04. The van der Waals surface area contributed by atoms with Gasteiger partial charge in [0, 0.05) is 25.7 Å². The van der Waals surface area contributed by atoms with Crippen molar-refractivity contribution in [1.82, 2.24) is 4.90 Å². The van der Waals surface area contributed by atoms with E-state index in [0.717, 1.165) is 10.8 Å². The number of hydrogen-bond acceptors (Lipinski definition) is 2. The van der Waals surface area contributed by atoms with Crippen molar-refractivity contribution in [3.8, 4) is 12.0 Å². The van der Waals surface area contributed by atoms with Crippen LogP contribution in [0.15, 0.2) is 42.5 Å². The van der Waals surface area contributed by atoms with E-state index in [2.05, 4.69) is 12.0 Å². The second-order valence-electron chi connectivity index (χ2n) is 3.99. The van der Waals surface area contributed by atoms with E-state index in [4.69, 9.17) is 0 Å². The van der Waals surface area contributed by atoms with E-state index in [1.807, 2.05) is 56.6 Å². The molecule has 0 amide bonds. The van der Waals surface area contributed by atoms with E-state index in [9.17, 15) is 4.79 Å². The van der Waals surface area contributed by atoms with Crippen LogP contribution < -0.4 is 0 Å². The van der Waals surface area contributed by atoms with Crippen molar-refractivity contribution in [1.29, 1.82) is 0 Å². The summed E-state index contributed by atoms with van der Waals surface area (Å²) in [5, 5.41) is 2.01. The van der Waals surface area contributed by atoms with E-state index in [0.29, 0.717) is 5.56 Å². The van der Waals surface area contributed by atoms with Crippen LogP contribution in [-0.2, 0) is 0 Å². The van der Waals surface area contributed by atoms with Gasteiger partial charge in [0.05, 0.1) is 0 Å². The molecule has 0 fully saturated rings. The van der Waals surface area contributed by atoms with Crippen molar-refractivity contribution in [2.75, 3.05) is 14.1 Å². The Kier molecular flexibility index (Phi) is 3.11. The summed E-state index contributed by atoms with van der Waals surface area (Å²) in [7, 11) is 3.62. The first-order valence-electron chi connectivity index (χ1n) is 5.39. The smallest absolute Gasteiger partial charge is 0.238 e. The number of carbonyl (C=O) groups is 1. The summed E-state index contributed by atoms with van der Waals surface area (Å²) >= 11 is 0. The number of carbonyl (C=O) groups excluding carboxylic acids is 1. The molecule has 2 aromatic rings. The maximum Gasteiger partial charge on any atom is 0.238 e. The fourth-order valence-electron chi connectivity index (χ4n) is 1.65. The predicted octanol–water partition coefficient (Wildman–Crippen LogP) is 2.55. The second kappa shape index (κ2) is 4.71. The van der Waals surface area contributed by atoms with Gasteiger partial charge in [-0.15, -0.1) is 0 Å². The molecule has 0 N–H and O–H groups in total. The van der Waals surface area contributed by atoms with E-state index in [1.165, 1.54) is 0 Å². The summed E-state index contributed by atoms with van der Waals surface area (Å²) in [6.07, 6.45) is 0. The normalized spacial score (nSPS) is 9.53. The van der Waals surface area contributed by atoms with Crippen LogP contribution >= 0.6 is 0 Å². The number of Topliss-reactive ketones (excluding diaryl/α,β-unsaturated/α-hetero) is 1. The van der Waals surface area contributed by atoms with Crippen molar-refractivity contribution >= 4 is 16.6 Å². The van der Waals surface area contributed by atoms with Crippen LogP contribution in [0.2, 0.25) is 0 Å². The average Bonchev–Trinajstić information content (AvgIpc) is 2.35. The highest BCUT2D eigenvalue weighted by atomic mass is 16.1. The van der Waals surface area contributed by atoms with Crippen molar-refractivity contribution in [2.45, 2.75) is 0 Å². The molecule has 0 radical (unpaired) electrons. The molecule has 0 atom stereocenters. The predicted molar refractivity (Wildman–Crippen MR) is 69.7 cm³/mol. The van der Waals surface area contributed by atoms with Gasteiger partial charge in [-0.1, -0.05) is 36.4 Å². The molecular formula is C15H13NO. The number of hydrogen-bond donors (Lipinski definition) is 0. The Morgan fingerprint density at radius 2 is 1.76 bits per heavy atom. The van der Waals surface area contributed by atoms with E-state index in [1.54, 1.807) is 4.90 Å². The summed E-state index contributed by atoms with van der Waals surface area (Å²) < 4.78 is 0. The van der Waals surface area contributed by atoms with E-state index < -0.39 is 0 Å². The highest BCUT2D eigenvalue weighted by Gasteiger charge is 2.06. The molecule has 0 unspecified atom stereocenters. The molecule has 17 heavy (non-hydrogen) atoms. The third-order valence-corrected chi connectivity index (χ3v) is 2.43. The van der Waals surface area contributed by atoms with E-state index in [-0.39, 0.29) is 5.78 Å². The van der Waals surface area contributed by atoms with Crippen molar-refractivity contribution in [3.63, 3.8) is 0 Å². The molecule has 84 valence electrons. The third kappa shape index (κ3) is 2.46. The van der Waals surface area contributed by atoms with Crippen LogP contribution in [0.4, 0.5) is 0 Å². The molecule has 0 saturated carbocycles. The van der Waals surface area contributed by atoms with Gasteiger partial charge in [-0.25, -0.2) is 0 Å². The van der Waals surface area contributed by atoms with Crippen LogP contribution in [0.25, 0.3) is 10.8 Å². The maximum atomic E-state index is 12.0. The molecule has 2 aromatic carbocycles. The highest BCUT2D eigenvalue weighted by molar-refractivity contribution is 6.16. The monoisotopic (exact) mass is 223 g/mol. The molecular weight excluding hydrogens is 210 g/mol. The number of rotatable bonds is 1. The first-order valence-corrected chi connectivity index (χ1v) is 5.39. The molecule has 0 bridgehead atoms. The Morgan fingerprint density at radius 1 is 1.06 bits per heavy atom. The summed E-state index contributed by atoms with van der Waals surface area (Å²) in [6.45, 7) is 0. The zero-order chi connectivity index (χ0) is 12.3. The highest BCUT2D eigenvalue weighted by Crippen LogP contribution is 2.18. The van der Waals surface area contributed by atoms with Gasteiger partial charge in [0.1, 0.15) is 0 Å². The first kappa shape index (κ1) is 11.2.